The van der Waals surface area contributed by atoms with Crippen molar-refractivity contribution in [1.29, 1.82) is 0 Å². The number of nitrogens with zero attached hydrogens (tertiary/aromatic N) is 2. The molecule has 140 valence electrons. The third-order valence-corrected chi connectivity index (χ3v) is 6.22. The van der Waals surface area contributed by atoms with Crippen molar-refractivity contribution in [2.24, 2.45) is 0 Å². The fourth-order valence-electron chi connectivity index (χ4n) is 3.00. The highest BCUT2D eigenvalue weighted by atomic mass is 32.2. The van der Waals surface area contributed by atoms with Crippen molar-refractivity contribution in [3.8, 4) is 0 Å². The van der Waals surface area contributed by atoms with Crippen LogP contribution in [0.1, 0.15) is 0 Å². The van der Waals surface area contributed by atoms with Gasteiger partial charge >= 0.3 is 12.2 Å². The summed E-state index contributed by atoms with van der Waals surface area (Å²) in [5.74, 6) is 0. The molecule has 0 aliphatic carbocycles. The monoisotopic (exact) mass is 388 g/mol. The van der Waals surface area contributed by atoms with Gasteiger partial charge in [-0.1, -0.05) is 0 Å². The molecule has 2 aliphatic heterocycles. The first-order chi connectivity index (χ1) is 13.0. The molecule has 0 aromatic heterocycles. The normalized spacial score (nSPS) is 17.2. The van der Waals surface area contributed by atoms with E-state index in [1.54, 1.807) is 24.3 Å². The van der Waals surface area contributed by atoms with Gasteiger partial charge in [0.15, 0.2) is 0 Å². The summed E-state index contributed by atoms with van der Waals surface area (Å²) in [7, 11) is -3.72. The molecule has 0 N–H and O–H groups in total. The predicted octanol–water partition coefficient (Wildman–Crippen LogP) is 2.43. The van der Waals surface area contributed by atoms with Crippen molar-refractivity contribution >= 4 is 33.4 Å². The first-order valence-corrected chi connectivity index (χ1v) is 9.79. The summed E-state index contributed by atoms with van der Waals surface area (Å²) in [4.78, 5) is 26.3. The molecule has 2 aromatic carbocycles. The van der Waals surface area contributed by atoms with Crippen LogP contribution < -0.4 is 9.80 Å². The second kappa shape index (κ2) is 6.58. The van der Waals surface area contributed by atoms with Gasteiger partial charge in [-0.05, 0) is 48.5 Å². The summed E-state index contributed by atoms with van der Waals surface area (Å²) in [6, 6.07) is 12.2. The predicted molar refractivity (Wildman–Crippen MR) is 95.7 cm³/mol. The number of ether oxygens (including phenoxy) is 2. The van der Waals surface area contributed by atoms with Gasteiger partial charge in [-0.25, -0.2) is 18.0 Å². The fraction of sp³-hybridized carbons (Fsp3) is 0.222. The van der Waals surface area contributed by atoms with Crippen molar-refractivity contribution in [2.75, 3.05) is 36.1 Å². The van der Waals surface area contributed by atoms with E-state index < -0.39 is 22.0 Å². The van der Waals surface area contributed by atoms with Crippen LogP contribution >= 0.6 is 0 Å². The van der Waals surface area contributed by atoms with Crippen molar-refractivity contribution in [3.05, 3.63) is 48.5 Å². The van der Waals surface area contributed by atoms with E-state index in [4.69, 9.17) is 9.47 Å². The molecular formula is C18H16N2O6S. The number of sulfone groups is 1. The molecule has 4 rings (SSSR count). The lowest BCUT2D eigenvalue weighted by Crippen LogP contribution is -2.23. The van der Waals surface area contributed by atoms with Crippen LogP contribution in [0.5, 0.6) is 0 Å². The second-order valence-electron chi connectivity index (χ2n) is 6.02. The molecule has 0 unspecified atom stereocenters. The number of rotatable bonds is 4. The molecule has 2 amide bonds. The van der Waals surface area contributed by atoms with E-state index >= 15 is 0 Å². The van der Waals surface area contributed by atoms with E-state index in [2.05, 4.69) is 0 Å². The Hall–Kier alpha value is -3.07. The Labute approximate surface area is 155 Å². The second-order valence-corrected chi connectivity index (χ2v) is 7.97. The SMILES string of the molecule is O=C1OCCN1c1ccc(S(=O)(=O)c2ccc(N3CCOC3=O)cc2)cc1. The Bertz CT molecular complexity index is 910. The first kappa shape index (κ1) is 17.3. The highest BCUT2D eigenvalue weighted by molar-refractivity contribution is 7.91. The summed E-state index contributed by atoms with van der Waals surface area (Å²) in [6.45, 7) is 1.50. The molecule has 0 radical (unpaired) electrons. The van der Waals surface area contributed by atoms with Gasteiger partial charge in [-0.2, -0.15) is 0 Å². The van der Waals surface area contributed by atoms with Crippen LogP contribution in [0.3, 0.4) is 0 Å². The molecule has 2 aliphatic rings. The summed E-state index contributed by atoms with van der Waals surface area (Å²) in [5, 5.41) is 0. The topological polar surface area (TPSA) is 93.2 Å². The van der Waals surface area contributed by atoms with Gasteiger partial charge in [-0.3, -0.25) is 9.80 Å². The molecule has 2 saturated heterocycles. The summed E-state index contributed by atoms with van der Waals surface area (Å²) in [5.41, 5.74) is 1.17. The number of carbonyl (C=O) groups excluding carboxylic acids is 2. The third-order valence-electron chi connectivity index (χ3n) is 4.44. The van der Waals surface area contributed by atoms with Crippen molar-refractivity contribution in [3.63, 3.8) is 0 Å². The quantitative estimate of drug-likeness (QED) is 0.799. The maximum Gasteiger partial charge on any atom is 0.414 e. The zero-order chi connectivity index (χ0) is 19.0. The van der Waals surface area contributed by atoms with Crippen LogP contribution in [0, 0.1) is 0 Å². The third kappa shape index (κ3) is 3.10. The summed E-state index contributed by atoms with van der Waals surface area (Å²) < 4.78 is 35.4. The van der Waals surface area contributed by atoms with Gasteiger partial charge < -0.3 is 9.47 Å². The van der Waals surface area contributed by atoms with Gasteiger partial charge in [0.1, 0.15) is 13.2 Å². The summed E-state index contributed by atoms with van der Waals surface area (Å²) >= 11 is 0. The molecule has 9 heteroatoms. The first-order valence-electron chi connectivity index (χ1n) is 8.31. The Morgan fingerprint density at radius 1 is 0.667 bits per heavy atom. The molecule has 2 aromatic rings. The fourth-order valence-corrected chi connectivity index (χ4v) is 4.26. The molecule has 2 heterocycles. The minimum Gasteiger partial charge on any atom is -0.447 e. The number of carbonyl (C=O) groups is 2. The van der Waals surface area contributed by atoms with Crippen LogP contribution in [0.2, 0.25) is 0 Å². The van der Waals surface area contributed by atoms with Gasteiger partial charge in [0.05, 0.1) is 22.9 Å². The van der Waals surface area contributed by atoms with E-state index in [1.807, 2.05) is 0 Å². The van der Waals surface area contributed by atoms with E-state index in [0.29, 0.717) is 37.7 Å². The summed E-state index contributed by atoms with van der Waals surface area (Å²) in [6.07, 6.45) is -0.886. The smallest absolute Gasteiger partial charge is 0.414 e. The Morgan fingerprint density at radius 3 is 1.33 bits per heavy atom. The zero-order valence-electron chi connectivity index (χ0n) is 14.2. The van der Waals surface area contributed by atoms with Crippen LogP contribution in [0.4, 0.5) is 21.0 Å². The molecule has 0 spiro atoms. The molecule has 0 atom stereocenters. The van der Waals surface area contributed by atoms with Crippen LogP contribution in [-0.2, 0) is 19.3 Å². The minimum atomic E-state index is -3.72. The van der Waals surface area contributed by atoms with Crippen LogP contribution in [0.25, 0.3) is 0 Å². The van der Waals surface area contributed by atoms with Crippen LogP contribution in [0.15, 0.2) is 58.3 Å². The number of hydrogen-bond donors (Lipinski definition) is 0. The van der Waals surface area contributed by atoms with Gasteiger partial charge in [0.25, 0.3) is 0 Å². The van der Waals surface area contributed by atoms with E-state index in [-0.39, 0.29) is 9.79 Å². The van der Waals surface area contributed by atoms with Gasteiger partial charge in [-0.15, -0.1) is 0 Å². The maximum atomic E-state index is 12.8. The number of cyclic esters (lactones) is 2. The Kier molecular flexibility index (Phi) is 4.23. The standard InChI is InChI=1S/C18H16N2O6S/c21-17-19(9-11-25-17)13-1-5-15(6-2-13)27(23,24)16-7-3-14(4-8-16)20-10-12-26-18(20)22/h1-8H,9-12H2. The lowest BCUT2D eigenvalue weighted by molar-refractivity contribution is 0.180. The lowest BCUT2D eigenvalue weighted by atomic mass is 10.3. The Morgan fingerprint density at radius 2 is 1.04 bits per heavy atom. The minimum absolute atomic E-state index is 0.118. The number of anilines is 2. The molecule has 27 heavy (non-hydrogen) atoms. The lowest BCUT2D eigenvalue weighted by Gasteiger charge is -2.14. The van der Waals surface area contributed by atoms with Crippen LogP contribution in [-0.4, -0.2) is 46.9 Å². The molecule has 8 nitrogen and oxygen atoms in total. The average molecular weight is 388 g/mol. The van der Waals surface area contributed by atoms with Crippen molar-refractivity contribution in [1.82, 2.24) is 0 Å². The van der Waals surface area contributed by atoms with Crippen molar-refractivity contribution < 1.29 is 27.5 Å². The molecule has 0 bridgehead atoms. The van der Waals surface area contributed by atoms with E-state index in [9.17, 15) is 18.0 Å². The van der Waals surface area contributed by atoms with E-state index in [1.165, 1.54) is 34.1 Å². The highest BCUT2D eigenvalue weighted by Crippen LogP contribution is 2.27. The van der Waals surface area contributed by atoms with Gasteiger partial charge in [0.2, 0.25) is 9.84 Å². The zero-order valence-corrected chi connectivity index (χ0v) is 15.0. The van der Waals surface area contributed by atoms with Crippen molar-refractivity contribution in [2.45, 2.75) is 9.79 Å². The largest absolute Gasteiger partial charge is 0.447 e. The van der Waals surface area contributed by atoms with E-state index in [0.717, 1.165) is 0 Å². The molecule has 0 saturated carbocycles. The molecule has 2 fully saturated rings. The number of benzene rings is 2. The molecular weight excluding hydrogens is 372 g/mol. The average Bonchev–Trinajstić information content (AvgIpc) is 3.30. The Balaban J connectivity index is 1.57. The van der Waals surface area contributed by atoms with Gasteiger partial charge in [0, 0.05) is 11.4 Å². The maximum absolute atomic E-state index is 12.8. The number of amides is 2. The number of hydrogen-bond acceptors (Lipinski definition) is 6. The highest BCUT2D eigenvalue weighted by Gasteiger charge is 2.26.